The van der Waals surface area contributed by atoms with Crippen molar-refractivity contribution in [1.82, 2.24) is 19.7 Å². The molecule has 8 heteroatoms. The molecule has 0 atom stereocenters. The number of carbonyl (C=O) groups excluding carboxylic acids is 1. The highest BCUT2D eigenvalue weighted by Gasteiger charge is 2.30. The Morgan fingerprint density at radius 3 is 2.83 bits per heavy atom. The Bertz CT molecular complexity index is 1000. The van der Waals surface area contributed by atoms with Crippen LogP contribution in [0.4, 0.5) is 5.13 Å². The van der Waals surface area contributed by atoms with E-state index in [1.165, 1.54) is 28.7 Å². The van der Waals surface area contributed by atoms with Crippen molar-refractivity contribution in [2.45, 2.75) is 43.8 Å². The molecule has 0 spiro atoms. The topological polar surface area (TPSA) is 72.7 Å². The van der Waals surface area contributed by atoms with Gasteiger partial charge in [-0.2, -0.15) is 0 Å². The van der Waals surface area contributed by atoms with E-state index < -0.39 is 0 Å². The summed E-state index contributed by atoms with van der Waals surface area (Å²) in [6.07, 6.45) is 5.17. The molecule has 1 N–H and O–H groups in total. The fourth-order valence-corrected chi connectivity index (χ4v) is 4.50. The molecule has 1 saturated carbocycles. The van der Waals surface area contributed by atoms with Gasteiger partial charge in [0.15, 0.2) is 10.3 Å². The van der Waals surface area contributed by atoms with E-state index in [0.717, 1.165) is 41.5 Å². The van der Waals surface area contributed by atoms with Gasteiger partial charge in [0.05, 0.1) is 11.4 Å². The van der Waals surface area contributed by atoms with Crippen molar-refractivity contribution in [1.29, 1.82) is 0 Å². The zero-order chi connectivity index (χ0) is 20.2. The molecule has 1 aliphatic carbocycles. The molecule has 0 saturated heterocycles. The van der Waals surface area contributed by atoms with Crippen LogP contribution in [0.2, 0.25) is 0 Å². The molecule has 0 unspecified atom stereocenters. The number of aromatic nitrogens is 4. The van der Waals surface area contributed by atoms with E-state index in [1.54, 1.807) is 0 Å². The highest BCUT2D eigenvalue weighted by Crippen LogP contribution is 2.40. The number of thiazole rings is 1. The first-order valence-corrected chi connectivity index (χ1v) is 11.6. The van der Waals surface area contributed by atoms with E-state index in [4.69, 9.17) is 0 Å². The van der Waals surface area contributed by atoms with Gasteiger partial charge in [-0.25, -0.2) is 4.98 Å². The lowest BCUT2D eigenvalue weighted by Crippen LogP contribution is -2.14. The standard InChI is InChI=1S/C21H23N5OS2/c1-3-11-26-19(16-9-10-16)24-25-21(26)29-13-18(27)23-20-22-17(12-28-20)15-7-5-14(4-2)6-8-15/h3,5-8,12,16H,1,4,9-11,13H2,2H3,(H,22,23,27). The van der Waals surface area contributed by atoms with Gasteiger partial charge in [-0.15, -0.1) is 28.1 Å². The van der Waals surface area contributed by atoms with Crippen LogP contribution in [-0.2, 0) is 17.8 Å². The van der Waals surface area contributed by atoms with Crippen LogP contribution in [-0.4, -0.2) is 31.4 Å². The minimum absolute atomic E-state index is 0.0987. The van der Waals surface area contributed by atoms with Crippen LogP contribution in [0.5, 0.6) is 0 Å². The summed E-state index contributed by atoms with van der Waals surface area (Å²) in [5, 5.41) is 14.8. The molecule has 0 radical (unpaired) electrons. The van der Waals surface area contributed by atoms with Gasteiger partial charge in [0.25, 0.3) is 0 Å². The summed E-state index contributed by atoms with van der Waals surface area (Å²) >= 11 is 2.83. The molecule has 150 valence electrons. The van der Waals surface area contributed by atoms with Crippen molar-refractivity contribution in [3.05, 3.63) is 53.7 Å². The molecule has 6 nitrogen and oxygen atoms in total. The Morgan fingerprint density at radius 2 is 2.14 bits per heavy atom. The largest absolute Gasteiger partial charge is 0.302 e. The van der Waals surface area contributed by atoms with Crippen LogP contribution in [0.15, 0.2) is 47.5 Å². The minimum atomic E-state index is -0.0987. The number of benzene rings is 1. The van der Waals surface area contributed by atoms with Gasteiger partial charge < -0.3 is 9.88 Å². The molecular formula is C21H23N5OS2. The Morgan fingerprint density at radius 1 is 1.34 bits per heavy atom. The number of hydrogen-bond acceptors (Lipinski definition) is 6. The minimum Gasteiger partial charge on any atom is -0.302 e. The van der Waals surface area contributed by atoms with E-state index in [0.29, 0.717) is 17.6 Å². The van der Waals surface area contributed by atoms with Crippen LogP contribution in [0, 0.1) is 0 Å². The molecule has 2 heterocycles. The number of carbonyl (C=O) groups is 1. The van der Waals surface area contributed by atoms with Crippen LogP contribution in [0.1, 0.15) is 37.1 Å². The molecule has 1 aliphatic rings. The maximum atomic E-state index is 12.4. The third kappa shape index (κ3) is 4.76. The summed E-state index contributed by atoms with van der Waals surface area (Å²) in [6, 6.07) is 8.36. The first-order valence-electron chi connectivity index (χ1n) is 9.69. The third-order valence-corrected chi connectivity index (χ3v) is 6.46. The number of nitrogens with zero attached hydrogens (tertiary/aromatic N) is 4. The third-order valence-electron chi connectivity index (χ3n) is 4.74. The van der Waals surface area contributed by atoms with Crippen molar-refractivity contribution in [2.24, 2.45) is 0 Å². The highest BCUT2D eigenvalue weighted by molar-refractivity contribution is 7.99. The van der Waals surface area contributed by atoms with Crippen LogP contribution in [0.25, 0.3) is 11.3 Å². The maximum Gasteiger partial charge on any atom is 0.236 e. The number of rotatable bonds is 9. The Balaban J connectivity index is 1.35. The predicted octanol–water partition coefficient (Wildman–Crippen LogP) is 4.76. The second-order valence-corrected chi connectivity index (χ2v) is 8.74. The number of anilines is 1. The van der Waals surface area contributed by atoms with E-state index in [-0.39, 0.29) is 11.7 Å². The van der Waals surface area contributed by atoms with E-state index in [9.17, 15) is 4.79 Å². The summed E-state index contributed by atoms with van der Waals surface area (Å²) in [5.74, 6) is 1.68. The summed E-state index contributed by atoms with van der Waals surface area (Å²) < 4.78 is 2.06. The summed E-state index contributed by atoms with van der Waals surface area (Å²) in [7, 11) is 0. The van der Waals surface area contributed by atoms with Crippen LogP contribution < -0.4 is 5.32 Å². The molecule has 4 rings (SSSR count). The second-order valence-electron chi connectivity index (χ2n) is 6.94. The summed E-state index contributed by atoms with van der Waals surface area (Å²) in [4.78, 5) is 16.9. The highest BCUT2D eigenvalue weighted by atomic mass is 32.2. The first kappa shape index (κ1) is 19.8. The van der Waals surface area contributed by atoms with E-state index >= 15 is 0 Å². The fraction of sp³-hybridized carbons (Fsp3) is 0.333. The second kappa shape index (κ2) is 8.92. The van der Waals surface area contributed by atoms with Crippen molar-refractivity contribution in [2.75, 3.05) is 11.1 Å². The molecular weight excluding hydrogens is 402 g/mol. The van der Waals surface area contributed by atoms with Crippen molar-refractivity contribution in [3.63, 3.8) is 0 Å². The van der Waals surface area contributed by atoms with Crippen molar-refractivity contribution in [3.8, 4) is 11.3 Å². The molecule has 3 aromatic rings. The average Bonchev–Trinajstić information content (AvgIpc) is 3.35. The zero-order valence-corrected chi connectivity index (χ0v) is 17.9. The normalized spacial score (nSPS) is 13.4. The molecule has 1 fully saturated rings. The van der Waals surface area contributed by atoms with Gasteiger partial charge in [0.1, 0.15) is 5.82 Å². The smallest absolute Gasteiger partial charge is 0.236 e. The lowest BCUT2D eigenvalue weighted by atomic mass is 10.1. The van der Waals surface area contributed by atoms with Crippen LogP contribution >= 0.6 is 23.1 Å². The molecule has 0 aliphatic heterocycles. The average molecular weight is 426 g/mol. The number of thioether (sulfide) groups is 1. The number of hydrogen-bond donors (Lipinski definition) is 1. The van der Waals surface area contributed by atoms with Crippen molar-refractivity contribution < 1.29 is 4.79 Å². The number of allylic oxidation sites excluding steroid dienone is 1. The molecule has 0 bridgehead atoms. The molecule has 1 amide bonds. The number of aryl methyl sites for hydroxylation is 1. The Kier molecular flexibility index (Phi) is 6.10. The van der Waals surface area contributed by atoms with Gasteiger partial charge in [-0.05, 0) is 24.8 Å². The van der Waals surface area contributed by atoms with E-state index in [1.807, 2.05) is 11.5 Å². The monoisotopic (exact) mass is 425 g/mol. The molecule has 2 aromatic heterocycles. The molecule has 1 aromatic carbocycles. The molecule has 29 heavy (non-hydrogen) atoms. The lowest BCUT2D eigenvalue weighted by Gasteiger charge is -2.06. The quantitative estimate of drug-likeness (QED) is 0.395. The SMILES string of the molecule is C=CCn1c(SCC(=O)Nc2nc(-c3ccc(CC)cc3)cs2)nnc1C1CC1. The Hall–Kier alpha value is -2.45. The lowest BCUT2D eigenvalue weighted by molar-refractivity contribution is -0.113. The summed E-state index contributed by atoms with van der Waals surface area (Å²) in [5.41, 5.74) is 3.22. The van der Waals surface area contributed by atoms with Crippen LogP contribution in [0.3, 0.4) is 0 Å². The van der Waals surface area contributed by atoms with Gasteiger partial charge in [-0.3, -0.25) is 4.79 Å². The predicted molar refractivity (Wildman–Crippen MR) is 118 cm³/mol. The zero-order valence-electron chi connectivity index (χ0n) is 16.3. The van der Waals surface area contributed by atoms with E-state index in [2.05, 4.69) is 62.8 Å². The first-order chi connectivity index (χ1) is 14.2. The maximum absolute atomic E-state index is 12.4. The van der Waals surface area contributed by atoms with Crippen molar-refractivity contribution >= 4 is 34.1 Å². The summed E-state index contributed by atoms with van der Waals surface area (Å²) in [6.45, 7) is 6.61. The van der Waals surface area contributed by atoms with Gasteiger partial charge in [-0.1, -0.05) is 49.0 Å². The number of amides is 1. The van der Waals surface area contributed by atoms with Gasteiger partial charge in [0, 0.05) is 23.4 Å². The Labute approximate surface area is 178 Å². The number of nitrogens with one attached hydrogen (secondary N) is 1. The fourth-order valence-electron chi connectivity index (χ4n) is 3.01. The van der Waals surface area contributed by atoms with Gasteiger partial charge >= 0.3 is 0 Å². The van der Waals surface area contributed by atoms with Gasteiger partial charge in [0.2, 0.25) is 5.91 Å².